The average molecular weight is 891 g/mol. The van der Waals surface area contributed by atoms with E-state index in [1.807, 2.05) is 65.6 Å². The van der Waals surface area contributed by atoms with Crippen LogP contribution in [-0.2, 0) is 48.8 Å². The predicted molar refractivity (Wildman–Crippen MR) is 231 cm³/mol. The molecule has 0 aliphatic heterocycles. The summed E-state index contributed by atoms with van der Waals surface area (Å²) in [5, 5.41) is 26.8. The molecule has 2 aromatic carbocycles. The first kappa shape index (κ1) is 48.2. The molecule has 2 N–H and O–H groups in total. The van der Waals surface area contributed by atoms with Crippen LogP contribution in [0.15, 0.2) is 54.6 Å². The van der Waals surface area contributed by atoms with E-state index < -0.39 is 114 Å². The van der Waals surface area contributed by atoms with Crippen molar-refractivity contribution in [2.24, 2.45) is 22.7 Å². The highest BCUT2D eigenvalue weighted by molar-refractivity contribution is 7.86. The van der Waals surface area contributed by atoms with Crippen molar-refractivity contribution < 1.29 is 60.3 Å². The molecule has 0 aromatic heterocycles. The quantitative estimate of drug-likeness (QED) is 0.127. The van der Waals surface area contributed by atoms with Crippen molar-refractivity contribution in [1.29, 1.82) is 0 Å². The third kappa shape index (κ3) is 9.00. The first-order valence-corrected chi connectivity index (χ1v) is 28.8. The number of fused-ring (bicyclic) bond motifs is 3. The lowest BCUT2D eigenvalue weighted by molar-refractivity contribution is -0.286. The number of carbonyl (C=O) groups excluding carboxylic acids is 3. The van der Waals surface area contributed by atoms with Gasteiger partial charge in [-0.05, 0) is 80.9 Å². The molecule has 0 spiro atoms. The van der Waals surface area contributed by atoms with Crippen LogP contribution in [0, 0.1) is 22.7 Å². The second-order valence-electron chi connectivity index (χ2n) is 20.2. The number of Topliss-reactive ketones (excluding diaryl/α,β-unsaturated/α-hetero) is 2. The van der Waals surface area contributed by atoms with Gasteiger partial charge in [0, 0.05) is 30.1 Å². The maximum absolute atomic E-state index is 16.3. The topological polar surface area (TPSA) is 181 Å². The zero-order chi connectivity index (χ0) is 45.1. The maximum Gasteiger partial charge on any atom is 0.338 e. The van der Waals surface area contributed by atoms with E-state index in [2.05, 4.69) is 0 Å². The molecule has 60 heavy (non-hydrogen) atoms. The molecule has 5 rings (SSSR count). The van der Waals surface area contributed by atoms with Gasteiger partial charge < -0.3 is 33.3 Å². The van der Waals surface area contributed by atoms with Gasteiger partial charge in [0.1, 0.15) is 29.7 Å². The fourth-order valence-electron chi connectivity index (χ4n) is 9.28. The van der Waals surface area contributed by atoms with Crippen molar-refractivity contribution in [3.63, 3.8) is 0 Å². The number of carbonyl (C=O) groups is 3. The van der Waals surface area contributed by atoms with E-state index in [0.29, 0.717) is 5.75 Å². The van der Waals surface area contributed by atoms with E-state index in [4.69, 9.17) is 27.2 Å². The van der Waals surface area contributed by atoms with E-state index >= 15 is 4.79 Å². The van der Waals surface area contributed by atoms with E-state index in [9.17, 15) is 28.2 Å². The SMILES string of the molecule is COc1ccc(CO[C@H]2C(=O)[C@@]3(C)C(C(OC(=O)c4ccccc4)[C@]4(O)C(=O)CC[C@H]2C4(C)C)[C@](O)(CO[Si](C)(C)C)[C@@H](OS(C)(=O)=O)C[C@@H]3O[Si](C)(C)C(C)(C)C)cc1. The molecule has 2 bridgehead atoms. The Morgan fingerprint density at radius 3 is 2.05 bits per heavy atom. The molecule has 9 atom stereocenters. The highest BCUT2D eigenvalue weighted by Crippen LogP contribution is 2.63. The number of methoxy groups -OCH3 is 1. The van der Waals surface area contributed by atoms with Gasteiger partial charge in [-0.3, -0.25) is 13.8 Å². The minimum atomic E-state index is -4.34. The first-order chi connectivity index (χ1) is 27.4. The van der Waals surface area contributed by atoms with Gasteiger partial charge in [-0.2, -0.15) is 8.42 Å². The van der Waals surface area contributed by atoms with Crippen molar-refractivity contribution in [3.05, 3.63) is 65.7 Å². The second-order valence-corrected chi connectivity index (χ2v) is 31.1. The lowest BCUT2D eigenvalue weighted by atomic mass is 9.44. The van der Waals surface area contributed by atoms with Gasteiger partial charge >= 0.3 is 5.97 Å². The Kier molecular flexibility index (Phi) is 13.4. The van der Waals surface area contributed by atoms with E-state index in [-0.39, 0.29) is 31.4 Å². The largest absolute Gasteiger partial charge is 0.497 e. The molecule has 2 aromatic rings. The van der Waals surface area contributed by atoms with Crippen molar-refractivity contribution in [1.82, 2.24) is 0 Å². The Morgan fingerprint density at radius 1 is 0.917 bits per heavy atom. The van der Waals surface area contributed by atoms with Crippen LogP contribution in [0.5, 0.6) is 5.75 Å². The van der Waals surface area contributed by atoms with Crippen LogP contribution in [-0.4, -0.2) is 108 Å². The Labute approximate surface area is 358 Å². The minimum Gasteiger partial charge on any atom is -0.497 e. The molecule has 0 heterocycles. The van der Waals surface area contributed by atoms with E-state index in [1.165, 1.54) is 12.1 Å². The molecule has 2 unspecified atom stereocenters. The minimum absolute atomic E-state index is 0.0386. The summed E-state index contributed by atoms with van der Waals surface area (Å²) in [7, 11) is -8.28. The molecule has 0 saturated heterocycles. The Balaban J connectivity index is 1.89. The number of hydrogen-bond donors (Lipinski definition) is 2. The third-order valence-corrected chi connectivity index (χ3v) is 19.9. The van der Waals surface area contributed by atoms with Gasteiger partial charge in [-0.25, -0.2) is 4.79 Å². The summed E-state index contributed by atoms with van der Waals surface area (Å²) in [5.41, 5.74) is -7.76. The summed E-state index contributed by atoms with van der Waals surface area (Å²) in [6.07, 6.45) is -5.62. The molecule has 3 aliphatic carbocycles. The van der Waals surface area contributed by atoms with E-state index in [1.54, 1.807) is 58.2 Å². The highest BCUT2D eigenvalue weighted by atomic mass is 32.2. The third-order valence-electron chi connectivity index (χ3n) is 13.8. The van der Waals surface area contributed by atoms with Crippen molar-refractivity contribution in [2.45, 2.75) is 141 Å². The summed E-state index contributed by atoms with van der Waals surface area (Å²) in [4.78, 5) is 45.5. The van der Waals surface area contributed by atoms with Crippen molar-refractivity contribution >= 4 is 44.3 Å². The number of esters is 1. The summed E-state index contributed by atoms with van der Waals surface area (Å²) >= 11 is 0. The summed E-state index contributed by atoms with van der Waals surface area (Å²) < 4.78 is 64.5. The number of ether oxygens (including phenoxy) is 3. The molecular formula is C44H66O13SSi2. The molecule has 334 valence electrons. The van der Waals surface area contributed by atoms with Gasteiger partial charge in [-0.15, -0.1) is 0 Å². The zero-order valence-electron chi connectivity index (χ0n) is 37.5. The molecule has 3 fully saturated rings. The lowest BCUT2D eigenvalue weighted by Gasteiger charge is -2.65. The number of ketones is 2. The average Bonchev–Trinajstić information content (AvgIpc) is 3.14. The van der Waals surface area contributed by atoms with Crippen molar-refractivity contribution in [3.8, 4) is 5.75 Å². The fourth-order valence-corrected chi connectivity index (χ4v) is 12.0. The van der Waals surface area contributed by atoms with Gasteiger partial charge in [-0.1, -0.05) is 65.0 Å². The van der Waals surface area contributed by atoms with Gasteiger partial charge in [0.25, 0.3) is 10.1 Å². The molecular weight excluding hydrogens is 825 g/mol. The van der Waals surface area contributed by atoms with Crippen LogP contribution in [0.1, 0.15) is 76.7 Å². The molecule has 3 saturated carbocycles. The Morgan fingerprint density at radius 2 is 1.52 bits per heavy atom. The number of aliphatic hydroxyl groups is 2. The van der Waals surface area contributed by atoms with Crippen LogP contribution >= 0.6 is 0 Å². The van der Waals surface area contributed by atoms with Crippen LogP contribution in [0.3, 0.4) is 0 Å². The molecule has 16 heteroatoms. The summed E-state index contributed by atoms with van der Waals surface area (Å²) in [6, 6.07) is 15.2. The lowest BCUT2D eigenvalue weighted by Crippen LogP contribution is -2.81. The van der Waals surface area contributed by atoms with E-state index in [0.717, 1.165) is 11.8 Å². The van der Waals surface area contributed by atoms with Crippen LogP contribution < -0.4 is 4.74 Å². The van der Waals surface area contributed by atoms with Crippen LogP contribution in [0.25, 0.3) is 0 Å². The molecule has 0 amide bonds. The first-order valence-electron chi connectivity index (χ1n) is 20.7. The fraction of sp³-hybridized carbons (Fsp3) is 0.659. The summed E-state index contributed by atoms with van der Waals surface area (Å²) in [5.74, 6) is -4.06. The number of rotatable bonds is 13. The highest BCUT2D eigenvalue weighted by Gasteiger charge is 2.77. The normalized spacial score (nSPS) is 32.4. The monoisotopic (exact) mass is 890 g/mol. The predicted octanol–water partition coefficient (Wildman–Crippen LogP) is 6.47. The molecule has 13 nitrogen and oxygen atoms in total. The van der Waals surface area contributed by atoms with Gasteiger partial charge in [0.2, 0.25) is 0 Å². The van der Waals surface area contributed by atoms with Crippen molar-refractivity contribution in [2.75, 3.05) is 20.0 Å². The zero-order valence-corrected chi connectivity index (χ0v) is 40.3. The Bertz CT molecular complexity index is 2010. The second kappa shape index (κ2) is 16.7. The maximum atomic E-state index is 16.3. The van der Waals surface area contributed by atoms with Gasteiger partial charge in [0.15, 0.2) is 33.8 Å². The smallest absolute Gasteiger partial charge is 0.338 e. The van der Waals surface area contributed by atoms with Crippen LogP contribution in [0.4, 0.5) is 0 Å². The number of hydrogen-bond acceptors (Lipinski definition) is 13. The number of benzene rings is 2. The summed E-state index contributed by atoms with van der Waals surface area (Å²) in [6.45, 7) is 19.9. The molecule has 0 radical (unpaired) electrons. The van der Waals surface area contributed by atoms with Crippen LogP contribution in [0.2, 0.25) is 37.8 Å². The van der Waals surface area contributed by atoms with Gasteiger partial charge in [0.05, 0.1) is 43.7 Å². The standard InChI is InChI=1S/C44H66O13SSi2/c1-40(2,3)60(12,13)57-33-25-34(56-58(8,50)51)43(48,27-54-59(9,10)11)36-38(55-39(47)29-17-15-14-16-18-29)44(49)32(45)24-23-31(41(44,4)5)35(37(46)42(33,36)6)53-26-28-19-21-30(52-7)22-20-28/h14-22,31,33-36,38,48-49H,23-27H2,1-13H3/t31-,33+,34+,35-,36?,38?,42-,43+,44-/m1/s1. The Hall–Kier alpha value is -2.81. The molecule has 3 aliphatic rings.